The third-order valence-electron chi connectivity index (χ3n) is 4.40. The minimum absolute atomic E-state index is 0.0575. The van der Waals surface area contributed by atoms with Gasteiger partial charge in [0.05, 0.1) is 0 Å². The third kappa shape index (κ3) is 3.52. The Labute approximate surface area is 109 Å². The van der Waals surface area contributed by atoms with E-state index in [4.69, 9.17) is 0 Å². The van der Waals surface area contributed by atoms with Gasteiger partial charge in [-0.2, -0.15) is 0 Å². The Hall–Kier alpha value is -0.470. The first-order chi connectivity index (χ1) is 8.29. The first kappa shape index (κ1) is 15.6. The highest BCUT2D eigenvalue weighted by molar-refractivity contribution is 5.81. The van der Waals surface area contributed by atoms with Crippen LogP contribution in [0.25, 0.3) is 0 Å². The standard InChI is InChI=1S/C15H26F2O/c1-5-6-7-14(18)13-9-15(16,17)11(4)8-12(13)10(2)3/h10-13H,5-9H2,1-4H3. The number of hydrogen-bond acceptors (Lipinski definition) is 1. The molecule has 0 bridgehead atoms. The maximum absolute atomic E-state index is 13.8. The van der Waals surface area contributed by atoms with Crippen LogP contribution >= 0.6 is 0 Å². The van der Waals surface area contributed by atoms with E-state index in [0.717, 1.165) is 12.8 Å². The highest BCUT2D eigenvalue weighted by Crippen LogP contribution is 2.47. The second-order valence-corrected chi connectivity index (χ2v) is 6.19. The Balaban J connectivity index is 2.79. The molecule has 0 radical (unpaired) electrons. The predicted molar refractivity (Wildman–Crippen MR) is 69.7 cm³/mol. The van der Waals surface area contributed by atoms with Gasteiger partial charge in [-0.1, -0.05) is 34.1 Å². The Kier molecular flexibility index (Phi) is 5.30. The van der Waals surface area contributed by atoms with Gasteiger partial charge in [-0.05, 0) is 24.7 Å². The molecule has 3 heteroatoms. The van der Waals surface area contributed by atoms with Gasteiger partial charge in [-0.3, -0.25) is 4.79 Å². The number of unbranched alkanes of at least 4 members (excludes halogenated alkanes) is 1. The van der Waals surface area contributed by atoms with Crippen LogP contribution < -0.4 is 0 Å². The average molecular weight is 260 g/mol. The average Bonchev–Trinajstić information content (AvgIpc) is 2.28. The highest BCUT2D eigenvalue weighted by atomic mass is 19.3. The largest absolute Gasteiger partial charge is 0.299 e. The molecule has 0 N–H and O–H groups in total. The fourth-order valence-corrected chi connectivity index (χ4v) is 3.02. The fraction of sp³-hybridized carbons (Fsp3) is 0.933. The molecule has 1 nitrogen and oxygen atoms in total. The molecule has 0 spiro atoms. The number of alkyl halides is 2. The Morgan fingerprint density at radius 2 is 2.00 bits per heavy atom. The number of hydrogen-bond donors (Lipinski definition) is 0. The summed E-state index contributed by atoms with van der Waals surface area (Å²) in [7, 11) is 0. The smallest absolute Gasteiger partial charge is 0.251 e. The van der Waals surface area contributed by atoms with Gasteiger partial charge in [0, 0.05) is 24.7 Å². The number of carbonyl (C=O) groups is 1. The molecule has 0 heterocycles. The van der Waals surface area contributed by atoms with E-state index >= 15 is 0 Å². The molecule has 18 heavy (non-hydrogen) atoms. The van der Waals surface area contributed by atoms with Crippen LogP contribution in [-0.2, 0) is 4.79 Å². The molecule has 1 saturated carbocycles. The summed E-state index contributed by atoms with van der Waals surface area (Å²) < 4.78 is 27.6. The van der Waals surface area contributed by atoms with E-state index in [2.05, 4.69) is 0 Å². The normalized spacial score (nSPS) is 31.6. The van der Waals surface area contributed by atoms with Crippen LogP contribution in [0.3, 0.4) is 0 Å². The van der Waals surface area contributed by atoms with Gasteiger partial charge < -0.3 is 0 Å². The van der Waals surface area contributed by atoms with Gasteiger partial charge in [0.2, 0.25) is 0 Å². The zero-order valence-corrected chi connectivity index (χ0v) is 12.0. The van der Waals surface area contributed by atoms with Crippen molar-refractivity contribution in [3.05, 3.63) is 0 Å². The van der Waals surface area contributed by atoms with E-state index in [0.29, 0.717) is 18.8 Å². The molecule has 0 aromatic rings. The monoisotopic (exact) mass is 260 g/mol. The molecule has 1 aliphatic rings. The summed E-state index contributed by atoms with van der Waals surface area (Å²) in [4.78, 5) is 12.1. The van der Waals surface area contributed by atoms with Crippen molar-refractivity contribution in [3.63, 3.8) is 0 Å². The molecule has 1 rings (SSSR count). The summed E-state index contributed by atoms with van der Waals surface area (Å²) in [6, 6.07) is 0. The second-order valence-electron chi connectivity index (χ2n) is 6.19. The van der Waals surface area contributed by atoms with Gasteiger partial charge in [-0.25, -0.2) is 8.78 Å². The third-order valence-corrected chi connectivity index (χ3v) is 4.40. The summed E-state index contributed by atoms with van der Waals surface area (Å²) >= 11 is 0. The van der Waals surface area contributed by atoms with Crippen molar-refractivity contribution in [2.75, 3.05) is 0 Å². The molecule has 0 saturated heterocycles. The molecule has 106 valence electrons. The van der Waals surface area contributed by atoms with Crippen LogP contribution in [0, 0.1) is 23.7 Å². The van der Waals surface area contributed by atoms with Crippen LogP contribution in [0.1, 0.15) is 59.8 Å². The molecule has 1 aliphatic carbocycles. The Morgan fingerprint density at radius 1 is 1.39 bits per heavy atom. The predicted octanol–water partition coefficient (Wildman–Crippen LogP) is 4.70. The summed E-state index contributed by atoms with van der Waals surface area (Å²) in [5.41, 5.74) is 0. The molecule has 3 unspecified atom stereocenters. The van der Waals surface area contributed by atoms with Crippen molar-refractivity contribution in [1.82, 2.24) is 0 Å². The number of rotatable bonds is 5. The van der Waals surface area contributed by atoms with Gasteiger partial charge in [0.1, 0.15) is 5.78 Å². The first-order valence-corrected chi connectivity index (χ1v) is 7.20. The van der Waals surface area contributed by atoms with Crippen LogP contribution in [-0.4, -0.2) is 11.7 Å². The lowest BCUT2D eigenvalue weighted by molar-refractivity contribution is -0.146. The SMILES string of the molecule is CCCCC(=O)C1CC(F)(F)C(C)CC1C(C)C. The van der Waals surface area contributed by atoms with Crippen LogP contribution in [0.4, 0.5) is 8.78 Å². The zero-order valence-electron chi connectivity index (χ0n) is 12.0. The van der Waals surface area contributed by atoms with Crippen molar-refractivity contribution in [3.8, 4) is 0 Å². The minimum Gasteiger partial charge on any atom is -0.299 e. The first-order valence-electron chi connectivity index (χ1n) is 7.20. The summed E-state index contributed by atoms with van der Waals surface area (Å²) in [5.74, 6) is -3.20. The Morgan fingerprint density at radius 3 is 2.50 bits per heavy atom. The van der Waals surface area contributed by atoms with Crippen molar-refractivity contribution >= 4 is 5.78 Å². The summed E-state index contributed by atoms with van der Waals surface area (Å²) in [5, 5.41) is 0. The number of ketones is 1. The zero-order chi connectivity index (χ0) is 13.9. The van der Waals surface area contributed by atoms with Crippen LogP contribution in [0.2, 0.25) is 0 Å². The van der Waals surface area contributed by atoms with Crippen LogP contribution in [0.5, 0.6) is 0 Å². The van der Waals surface area contributed by atoms with Crippen molar-refractivity contribution in [2.24, 2.45) is 23.7 Å². The molecular weight excluding hydrogens is 234 g/mol. The van der Waals surface area contributed by atoms with Gasteiger partial charge in [0.15, 0.2) is 0 Å². The number of halogens is 2. The molecule has 1 fully saturated rings. The number of carbonyl (C=O) groups excluding carboxylic acids is 1. The fourth-order valence-electron chi connectivity index (χ4n) is 3.02. The maximum atomic E-state index is 13.8. The van der Waals surface area contributed by atoms with E-state index < -0.39 is 17.8 Å². The topological polar surface area (TPSA) is 17.1 Å². The van der Waals surface area contributed by atoms with Gasteiger partial charge >= 0.3 is 0 Å². The second kappa shape index (κ2) is 6.12. The van der Waals surface area contributed by atoms with Crippen molar-refractivity contribution < 1.29 is 13.6 Å². The maximum Gasteiger partial charge on any atom is 0.251 e. The molecule has 3 atom stereocenters. The lowest BCUT2D eigenvalue weighted by Gasteiger charge is -2.41. The quantitative estimate of drug-likeness (QED) is 0.700. The minimum atomic E-state index is -2.67. The van der Waals surface area contributed by atoms with Gasteiger partial charge in [0.25, 0.3) is 5.92 Å². The summed E-state index contributed by atoms with van der Waals surface area (Å²) in [6.07, 6.45) is 2.47. The molecular formula is C15H26F2O. The number of Topliss-reactive ketones (excluding diaryl/α,β-unsaturated/α-hetero) is 1. The van der Waals surface area contributed by atoms with E-state index in [1.807, 2.05) is 20.8 Å². The van der Waals surface area contributed by atoms with E-state index in [-0.39, 0.29) is 18.1 Å². The van der Waals surface area contributed by atoms with E-state index in [1.165, 1.54) is 0 Å². The molecule has 0 aromatic heterocycles. The lowest BCUT2D eigenvalue weighted by atomic mass is 9.66. The van der Waals surface area contributed by atoms with E-state index in [1.54, 1.807) is 6.92 Å². The summed E-state index contributed by atoms with van der Waals surface area (Å²) in [6.45, 7) is 7.72. The van der Waals surface area contributed by atoms with Crippen molar-refractivity contribution in [2.45, 2.75) is 65.7 Å². The molecule has 0 aliphatic heterocycles. The van der Waals surface area contributed by atoms with Crippen LogP contribution in [0.15, 0.2) is 0 Å². The van der Waals surface area contributed by atoms with Gasteiger partial charge in [-0.15, -0.1) is 0 Å². The highest BCUT2D eigenvalue weighted by Gasteiger charge is 2.49. The Bertz CT molecular complexity index is 286. The lowest BCUT2D eigenvalue weighted by Crippen LogP contribution is -2.43. The van der Waals surface area contributed by atoms with Crippen molar-refractivity contribution in [1.29, 1.82) is 0 Å². The molecule has 0 aromatic carbocycles. The molecule has 0 amide bonds. The van der Waals surface area contributed by atoms with E-state index in [9.17, 15) is 13.6 Å².